The fraction of sp³-hybridized carbons (Fsp3) is 0.857. The Bertz CT molecular complexity index is 323. The predicted octanol–water partition coefficient (Wildman–Crippen LogP) is 1.16. The van der Waals surface area contributed by atoms with E-state index in [1.165, 1.54) is 12.8 Å². The van der Waals surface area contributed by atoms with Crippen molar-refractivity contribution >= 4 is 11.9 Å². The first-order valence-corrected chi connectivity index (χ1v) is 7.34. The van der Waals surface area contributed by atoms with Crippen LogP contribution in [0.25, 0.3) is 0 Å². The van der Waals surface area contributed by atoms with Crippen molar-refractivity contribution in [1.29, 1.82) is 0 Å². The minimum atomic E-state index is -0.720. The van der Waals surface area contributed by atoms with E-state index in [1.54, 1.807) is 6.92 Å². The number of nitrogens with one attached hydrogen (secondary N) is 1. The molecule has 6 heteroatoms. The summed E-state index contributed by atoms with van der Waals surface area (Å²) in [5.41, 5.74) is 0. The van der Waals surface area contributed by atoms with Crippen LogP contribution in [0.1, 0.15) is 45.4 Å². The lowest BCUT2D eigenvalue weighted by Gasteiger charge is -2.27. The van der Waals surface area contributed by atoms with Gasteiger partial charge in [-0.05, 0) is 46.2 Å². The topological polar surface area (TPSA) is 89.9 Å². The highest BCUT2D eigenvalue weighted by atomic mass is 16.4. The Morgan fingerprint density at radius 3 is 2.10 bits per heavy atom. The van der Waals surface area contributed by atoms with E-state index >= 15 is 0 Å². The number of nitrogens with zero attached hydrogens (tertiary/aromatic N) is 1. The molecule has 2 rings (SSSR count). The molecule has 1 aliphatic heterocycles. The highest BCUT2D eigenvalue weighted by Crippen LogP contribution is 2.23. The van der Waals surface area contributed by atoms with Crippen LogP contribution in [-0.4, -0.2) is 58.8 Å². The summed E-state index contributed by atoms with van der Waals surface area (Å²) < 4.78 is 0. The van der Waals surface area contributed by atoms with E-state index in [2.05, 4.69) is 5.32 Å². The van der Waals surface area contributed by atoms with Gasteiger partial charge in [-0.3, -0.25) is 14.5 Å². The molecule has 1 heterocycles. The van der Waals surface area contributed by atoms with Gasteiger partial charge in [-0.1, -0.05) is 12.8 Å². The van der Waals surface area contributed by atoms with Crippen molar-refractivity contribution in [2.75, 3.05) is 13.6 Å². The molecule has 0 aromatic carbocycles. The summed E-state index contributed by atoms with van der Waals surface area (Å²) in [6.07, 6.45) is 6.61. The van der Waals surface area contributed by atoms with Gasteiger partial charge in [-0.15, -0.1) is 0 Å². The minimum absolute atomic E-state index is 0.269. The van der Waals surface area contributed by atoms with Crippen LogP contribution in [0.5, 0.6) is 0 Å². The van der Waals surface area contributed by atoms with Gasteiger partial charge in [0, 0.05) is 6.04 Å². The molecule has 1 aliphatic carbocycles. The monoisotopic (exact) mass is 286 g/mol. The molecule has 0 aromatic rings. The van der Waals surface area contributed by atoms with Crippen LogP contribution < -0.4 is 5.32 Å². The van der Waals surface area contributed by atoms with Gasteiger partial charge in [0.2, 0.25) is 0 Å². The standard InChI is InChI=1S/C9H17NO2.C5H9NO2/c1-7(9(11)12)10(2)8-5-3-4-6-8;7-5(8)4-2-1-3-6-4/h7-8H,3-6H2,1-2H3,(H,11,12);4,6H,1-3H2,(H,7,8)/t7-;4-/m00/s1. The highest BCUT2D eigenvalue weighted by Gasteiger charge is 2.26. The summed E-state index contributed by atoms with van der Waals surface area (Å²) in [5, 5.41) is 20.0. The Labute approximate surface area is 120 Å². The van der Waals surface area contributed by atoms with Crippen LogP contribution in [0.4, 0.5) is 0 Å². The van der Waals surface area contributed by atoms with Crippen LogP contribution in [0.3, 0.4) is 0 Å². The van der Waals surface area contributed by atoms with E-state index < -0.39 is 11.9 Å². The van der Waals surface area contributed by atoms with Crippen molar-refractivity contribution in [2.45, 2.75) is 63.6 Å². The predicted molar refractivity (Wildman–Crippen MR) is 75.8 cm³/mol. The number of aliphatic carboxylic acids is 2. The van der Waals surface area contributed by atoms with Crippen molar-refractivity contribution in [3.05, 3.63) is 0 Å². The van der Waals surface area contributed by atoms with Crippen LogP contribution in [0.2, 0.25) is 0 Å². The summed E-state index contributed by atoms with van der Waals surface area (Å²) in [7, 11) is 1.91. The Balaban J connectivity index is 0.000000217. The molecule has 0 radical (unpaired) electrons. The zero-order valence-electron chi connectivity index (χ0n) is 12.3. The minimum Gasteiger partial charge on any atom is -0.480 e. The summed E-state index contributed by atoms with van der Waals surface area (Å²) in [5.74, 6) is -1.44. The molecule has 0 bridgehead atoms. The fourth-order valence-electron chi connectivity index (χ4n) is 2.70. The third-order valence-electron chi connectivity index (χ3n) is 4.23. The Morgan fingerprint density at radius 2 is 1.75 bits per heavy atom. The second kappa shape index (κ2) is 8.21. The number of rotatable bonds is 4. The van der Waals surface area contributed by atoms with Crippen LogP contribution in [0, 0.1) is 0 Å². The van der Waals surface area contributed by atoms with E-state index in [4.69, 9.17) is 10.2 Å². The molecular formula is C14H26N2O4. The molecule has 116 valence electrons. The number of likely N-dealkylation sites (N-methyl/N-ethyl adjacent to an activating group) is 1. The molecule has 2 fully saturated rings. The molecule has 0 aromatic heterocycles. The van der Waals surface area contributed by atoms with E-state index in [0.717, 1.165) is 32.2 Å². The number of hydrogen-bond donors (Lipinski definition) is 3. The zero-order valence-corrected chi connectivity index (χ0v) is 12.3. The molecule has 0 unspecified atom stereocenters. The number of carboxylic acids is 2. The first kappa shape index (κ1) is 16.9. The fourth-order valence-corrected chi connectivity index (χ4v) is 2.70. The highest BCUT2D eigenvalue weighted by molar-refractivity contribution is 5.73. The maximum atomic E-state index is 10.7. The number of carbonyl (C=O) groups is 2. The first-order valence-electron chi connectivity index (χ1n) is 7.34. The quantitative estimate of drug-likeness (QED) is 0.718. The third-order valence-corrected chi connectivity index (χ3v) is 4.23. The average molecular weight is 286 g/mol. The molecule has 6 nitrogen and oxygen atoms in total. The second-order valence-corrected chi connectivity index (χ2v) is 5.61. The number of hydrogen-bond acceptors (Lipinski definition) is 4. The summed E-state index contributed by atoms with van der Waals surface area (Å²) >= 11 is 0. The van der Waals surface area contributed by atoms with Gasteiger partial charge in [0.15, 0.2) is 0 Å². The smallest absolute Gasteiger partial charge is 0.320 e. The van der Waals surface area contributed by atoms with E-state index in [-0.39, 0.29) is 12.1 Å². The molecule has 0 spiro atoms. The lowest BCUT2D eigenvalue weighted by molar-refractivity contribution is -0.143. The first-order chi connectivity index (χ1) is 9.43. The Kier molecular flexibility index (Phi) is 6.95. The van der Waals surface area contributed by atoms with Crippen molar-refractivity contribution in [2.24, 2.45) is 0 Å². The lowest BCUT2D eigenvalue weighted by Crippen LogP contribution is -2.41. The summed E-state index contributed by atoms with van der Waals surface area (Å²) in [6, 6.07) is -0.112. The second-order valence-electron chi connectivity index (χ2n) is 5.61. The van der Waals surface area contributed by atoms with Gasteiger partial charge >= 0.3 is 11.9 Å². The van der Waals surface area contributed by atoms with Crippen molar-refractivity contribution < 1.29 is 19.8 Å². The molecule has 2 aliphatic rings. The van der Waals surface area contributed by atoms with E-state index in [0.29, 0.717) is 6.04 Å². The van der Waals surface area contributed by atoms with Gasteiger partial charge in [0.05, 0.1) is 0 Å². The molecule has 20 heavy (non-hydrogen) atoms. The lowest BCUT2D eigenvalue weighted by atomic mass is 10.2. The number of carboxylic acid groups (broad SMARTS) is 2. The van der Waals surface area contributed by atoms with Crippen LogP contribution in [0.15, 0.2) is 0 Å². The van der Waals surface area contributed by atoms with E-state index in [9.17, 15) is 9.59 Å². The normalized spacial score (nSPS) is 24.2. The van der Waals surface area contributed by atoms with Gasteiger partial charge < -0.3 is 15.5 Å². The van der Waals surface area contributed by atoms with Crippen molar-refractivity contribution in [3.8, 4) is 0 Å². The van der Waals surface area contributed by atoms with E-state index in [1.807, 2.05) is 11.9 Å². The molecule has 2 atom stereocenters. The molecule has 0 amide bonds. The third kappa shape index (κ3) is 5.09. The molecular weight excluding hydrogens is 260 g/mol. The molecule has 3 N–H and O–H groups in total. The molecule has 1 saturated carbocycles. The van der Waals surface area contributed by atoms with Crippen LogP contribution >= 0.6 is 0 Å². The Morgan fingerprint density at radius 1 is 1.15 bits per heavy atom. The maximum absolute atomic E-state index is 10.7. The Hall–Kier alpha value is -1.14. The van der Waals surface area contributed by atoms with Gasteiger partial charge in [0.25, 0.3) is 0 Å². The average Bonchev–Trinajstić information content (AvgIpc) is 3.09. The molecule has 1 saturated heterocycles. The summed E-state index contributed by atoms with van der Waals surface area (Å²) in [6.45, 7) is 2.61. The van der Waals surface area contributed by atoms with Gasteiger partial charge in [0.1, 0.15) is 12.1 Å². The maximum Gasteiger partial charge on any atom is 0.320 e. The van der Waals surface area contributed by atoms with Crippen LogP contribution in [-0.2, 0) is 9.59 Å². The largest absolute Gasteiger partial charge is 0.480 e. The summed E-state index contributed by atoms with van der Waals surface area (Å²) in [4.78, 5) is 22.8. The van der Waals surface area contributed by atoms with Crippen molar-refractivity contribution in [3.63, 3.8) is 0 Å². The van der Waals surface area contributed by atoms with Gasteiger partial charge in [-0.25, -0.2) is 0 Å². The van der Waals surface area contributed by atoms with Crippen molar-refractivity contribution in [1.82, 2.24) is 10.2 Å². The SMILES string of the molecule is C[C@@H](C(=O)O)N(C)C1CCCC1.O=C(O)[C@@H]1CCCN1. The van der Waals surface area contributed by atoms with Gasteiger partial charge in [-0.2, -0.15) is 0 Å². The zero-order chi connectivity index (χ0) is 15.1.